The first-order valence-electron chi connectivity index (χ1n) is 5.98. The number of hydrogen-bond donors (Lipinski definition) is 1. The highest BCUT2D eigenvalue weighted by molar-refractivity contribution is 6.31. The predicted octanol–water partition coefficient (Wildman–Crippen LogP) is 4.04. The van der Waals surface area contributed by atoms with Gasteiger partial charge in [0, 0.05) is 22.5 Å². The number of aryl methyl sites for hydroxylation is 2. The van der Waals surface area contributed by atoms with E-state index in [1.54, 1.807) is 0 Å². The molecule has 0 saturated carbocycles. The molecule has 2 rings (SSSR count). The van der Waals surface area contributed by atoms with Gasteiger partial charge in [0.05, 0.1) is 0 Å². The van der Waals surface area contributed by atoms with Gasteiger partial charge in [0.2, 0.25) is 0 Å². The molecule has 0 saturated heterocycles. The van der Waals surface area contributed by atoms with Crippen LogP contribution in [0.15, 0.2) is 30.3 Å². The van der Waals surface area contributed by atoms with Crippen molar-refractivity contribution < 1.29 is 0 Å². The first kappa shape index (κ1) is 13.1. The van der Waals surface area contributed by atoms with E-state index in [0.717, 1.165) is 33.1 Å². The lowest BCUT2D eigenvalue weighted by Gasteiger charge is -2.11. The Bertz CT molecular complexity index is 556. The minimum atomic E-state index is -0.0486. The molecule has 18 heavy (non-hydrogen) atoms. The third kappa shape index (κ3) is 2.71. The highest BCUT2D eigenvalue weighted by atomic mass is 35.5. The molecule has 3 heteroatoms. The van der Waals surface area contributed by atoms with E-state index in [9.17, 15) is 0 Å². The van der Waals surface area contributed by atoms with Crippen LogP contribution >= 0.6 is 11.6 Å². The number of rotatable bonds is 2. The highest BCUT2D eigenvalue weighted by Crippen LogP contribution is 2.28. The Hall–Kier alpha value is -1.38. The molecule has 1 aromatic carbocycles. The van der Waals surface area contributed by atoms with Crippen LogP contribution in [0.25, 0.3) is 11.1 Å². The smallest absolute Gasteiger partial charge is 0.0459 e. The molecular weight excluding hydrogens is 244 g/mol. The van der Waals surface area contributed by atoms with E-state index in [0.29, 0.717) is 0 Å². The number of hydrogen-bond acceptors (Lipinski definition) is 2. The van der Waals surface area contributed by atoms with Crippen molar-refractivity contribution in [3.8, 4) is 11.1 Å². The van der Waals surface area contributed by atoms with Crippen LogP contribution in [-0.4, -0.2) is 4.98 Å². The summed E-state index contributed by atoms with van der Waals surface area (Å²) >= 11 is 6.26. The average Bonchev–Trinajstić information content (AvgIpc) is 2.26. The summed E-state index contributed by atoms with van der Waals surface area (Å²) in [6, 6.07) is 10.1. The topological polar surface area (TPSA) is 38.9 Å². The number of nitrogens with two attached hydrogens (primary N) is 1. The molecule has 0 aliphatic carbocycles. The van der Waals surface area contributed by atoms with Crippen molar-refractivity contribution in [3.05, 3.63) is 52.3 Å². The van der Waals surface area contributed by atoms with Gasteiger partial charge in [0.25, 0.3) is 0 Å². The molecule has 1 atom stereocenters. The van der Waals surface area contributed by atoms with Gasteiger partial charge in [0.15, 0.2) is 0 Å². The van der Waals surface area contributed by atoms with Crippen LogP contribution < -0.4 is 5.73 Å². The van der Waals surface area contributed by atoms with Gasteiger partial charge in [-0.05, 0) is 55.7 Å². The fraction of sp³-hybridized carbons (Fsp3) is 0.267. The Balaban J connectivity index is 2.48. The molecular formula is C15H17ClN2. The molecule has 2 N–H and O–H groups in total. The van der Waals surface area contributed by atoms with Gasteiger partial charge in [-0.15, -0.1) is 0 Å². The maximum Gasteiger partial charge on any atom is 0.0459 e. The second-order valence-electron chi connectivity index (χ2n) is 4.66. The van der Waals surface area contributed by atoms with Crippen molar-refractivity contribution in [2.75, 3.05) is 0 Å². The number of nitrogens with zero attached hydrogens (tertiary/aromatic N) is 1. The van der Waals surface area contributed by atoms with Crippen molar-refractivity contribution in [1.29, 1.82) is 0 Å². The summed E-state index contributed by atoms with van der Waals surface area (Å²) in [6.45, 7) is 5.92. The molecule has 1 unspecified atom stereocenters. The molecule has 0 aliphatic heterocycles. The van der Waals surface area contributed by atoms with Gasteiger partial charge in [-0.2, -0.15) is 0 Å². The number of aromatic nitrogens is 1. The zero-order valence-electron chi connectivity index (χ0n) is 10.9. The standard InChI is InChI=1S/C15H17ClN2/c1-9-6-13(7-10(2)18-9)12-4-5-14(11(3)17)15(16)8-12/h4-8,11H,17H2,1-3H3. The van der Waals surface area contributed by atoms with E-state index in [1.165, 1.54) is 0 Å². The largest absolute Gasteiger partial charge is 0.324 e. The van der Waals surface area contributed by atoms with E-state index in [4.69, 9.17) is 17.3 Å². The molecule has 0 aliphatic rings. The maximum atomic E-state index is 6.26. The monoisotopic (exact) mass is 260 g/mol. The highest BCUT2D eigenvalue weighted by Gasteiger charge is 2.07. The summed E-state index contributed by atoms with van der Waals surface area (Å²) in [6.07, 6.45) is 0. The molecule has 2 nitrogen and oxygen atoms in total. The molecule has 0 spiro atoms. The van der Waals surface area contributed by atoms with E-state index in [-0.39, 0.29) is 6.04 Å². The van der Waals surface area contributed by atoms with E-state index in [1.807, 2.05) is 32.9 Å². The molecule has 94 valence electrons. The average molecular weight is 261 g/mol. The Kier molecular flexibility index (Phi) is 3.69. The van der Waals surface area contributed by atoms with Crippen LogP contribution in [0.4, 0.5) is 0 Å². The van der Waals surface area contributed by atoms with Gasteiger partial charge in [-0.3, -0.25) is 4.98 Å². The van der Waals surface area contributed by atoms with Gasteiger partial charge < -0.3 is 5.73 Å². The van der Waals surface area contributed by atoms with Crippen molar-refractivity contribution in [2.24, 2.45) is 5.73 Å². The fourth-order valence-corrected chi connectivity index (χ4v) is 2.43. The van der Waals surface area contributed by atoms with Gasteiger partial charge in [-0.25, -0.2) is 0 Å². The molecule has 0 fully saturated rings. The van der Waals surface area contributed by atoms with E-state index >= 15 is 0 Å². The van der Waals surface area contributed by atoms with Crippen molar-refractivity contribution in [2.45, 2.75) is 26.8 Å². The Labute approximate surface area is 113 Å². The van der Waals surface area contributed by atoms with Gasteiger partial charge in [-0.1, -0.05) is 23.7 Å². The van der Waals surface area contributed by atoms with Crippen LogP contribution in [0.1, 0.15) is 29.9 Å². The van der Waals surface area contributed by atoms with E-state index < -0.39 is 0 Å². The second kappa shape index (κ2) is 5.09. The SMILES string of the molecule is Cc1cc(-c2ccc(C(C)N)c(Cl)c2)cc(C)n1. The van der Waals surface area contributed by atoms with Crippen molar-refractivity contribution in [1.82, 2.24) is 4.98 Å². The minimum absolute atomic E-state index is 0.0486. The summed E-state index contributed by atoms with van der Waals surface area (Å²) in [5, 5.41) is 0.717. The lowest BCUT2D eigenvalue weighted by atomic mass is 10.0. The lowest BCUT2D eigenvalue weighted by Crippen LogP contribution is -2.05. The molecule has 1 heterocycles. The first-order chi connectivity index (χ1) is 8.47. The van der Waals surface area contributed by atoms with Crippen LogP contribution in [-0.2, 0) is 0 Å². The quantitative estimate of drug-likeness (QED) is 0.885. The van der Waals surface area contributed by atoms with Crippen LogP contribution in [0.2, 0.25) is 5.02 Å². The van der Waals surface area contributed by atoms with Gasteiger partial charge >= 0.3 is 0 Å². The molecule has 1 aromatic heterocycles. The molecule has 0 bridgehead atoms. The third-order valence-electron chi connectivity index (χ3n) is 2.91. The summed E-state index contributed by atoms with van der Waals surface area (Å²) < 4.78 is 0. The van der Waals surface area contributed by atoms with Crippen molar-refractivity contribution >= 4 is 11.6 Å². The lowest BCUT2D eigenvalue weighted by molar-refractivity contribution is 0.819. The first-order valence-corrected chi connectivity index (χ1v) is 6.36. The number of pyridine rings is 1. The minimum Gasteiger partial charge on any atom is -0.324 e. The predicted molar refractivity (Wildman–Crippen MR) is 76.8 cm³/mol. The van der Waals surface area contributed by atoms with Crippen LogP contribution in [0.5, 0.6) is 0 Å². The summed E-state index contributed by atoms with van der Waals surface area (Å²) in [5.74, 6) is 0. The number of halogens is 1. The fourth-order valence-electron chi connectivity index (χ4n) is 2.08. The third-order valence-corrected chi connectivity index (χ3v) is 3.23. The van der Waals surface area contributed by atoms with Crippen LogP contribution in [0, 0.1) is 13.8 Å². The Morgan fingerprint density at radius 3 is 2.17 bits per heavy atom. The number of benzene rings is 1. The maximum absolute atomic E-state index is 6.26. The summed E-state index contributed by atoms with van der Waals surface area (Å²) in [4.78, 5) is 4.38. The molecule has 0 amide bonds. The molecule has 2 aromatic rings. The Morgan fingerprint density at radius 1 is 1.06 bits per heavy atom. The normalized spacial score (nSPS) is 12.5. The van der Waals surface area contributed by atoms with Gasteiger partial charge in [0.1, 0.15) is 0 Å². The van der Waals surface area contributed by atoms with Crippen LogP contribution in [0.3, 0.4) is 0 Å². The Morgan fingerprint density at radius 2 is 1.67 bits per heavy atom. The summed E-state index contributed by atoms with van der Waals surface area (Å²) in [5.41, 5.74) is 11.1. The molecule has 0 radical (unpaired) electrons. The zero-order valence-corrected chi connectivity index (χ0v) is 11.6. The van der Waals surface area contributed by atoms with Crippen molar-refractivity contribution in [3.63, 3.8) is 0 Å². The summed E-state index contributed by atoms with van der Waals surface area (Å²) in [7, 11) is 0. The van der Waals surface area contributed by atoms with E-state index in [2.05, 4.69) is 23.2 Å². The zero-order chi connectivity index (χ0) is 13.3. The second-order valence-corrected chi connectivity index (χ2v) is 5.07.